The predicted molar refractivity (Wildman–Crippen MR) is 81.5 cm³/mol. The Bertz CT molecular complexity index is 537. The lowest BCUT2D eigenvalue weighted by atomic mass is 10.0. The van der Waals surface area contributed by atoms with Crippen LogP contribution in [0.15, 0.2) is 28.1 Å². The first-order valence-corrected chi connectivity index (χ1v) is 8.05. The molecule has 3 rings (SSSR count). The fourth-order valence-electron chi connectivity index (χ4n) is 3.17. The van der Waals surface area contributed by atoms with Crippen molar-refractivity contribution in [3.8, 4) is 10.6 Å². The first kappa shape index (κ1) is 13.8. The Labute approximate surface area is 123 Å². The molecule has 1 aliphatic rings. The van der Waals surface area contributed by atoms with E-state index in [4.69, 9.17) is 10.3 Å². The minimum Gasteiger partial charge on any atom is -0.355 e. The number of thiophene rings is 1. The summed E-state index contributed by atoms with van der Waals surface area (Å²) in [6.07, 6.45) is 3.79. The van der Waals surface area contributed by atoms with Gasteiger partial charge < -0.3 is 10.3 Å². The van der Waals surface area contributed by atoms with Gasteiger partial charge in [-0.2, -0.15) is 0 Å². The zero-order valence-corrected chi connectivity index (χ0v) is 12.6. The maximum Gasteiger partial charge on any atom is 0.177 e. The highest BCUT2D eigenvalue weighted by atomic mass is 32.1. The van der Waals surface area contributed by atoms with Crippen LogP contribution >= 0.6 is 11.3 Å². The van der Waals surface area contributed by atoms with Crippen molar-refractivity contribution >= 4 is 11.3 Å². The first-order chi connectivity index (χ1) is 9.78. The maximum atomic E-state index is 5.86. The highest BCUT2D eigenvalue weighted by Crippen LogP contribution is 2.30. The van der Waals surface area contributed by atoms with E-state index >= 15 is 0 Å². The van der Waals surface area contributed by atoms with E-state index in [1.807, 2.05) is 11.4 Å². The molecule has 2 aromatic heterocycles. The Morgan fingerprint density at radius 3 is 3.15 bits per heavy atom. The van der Waals surface area contributed by atoms with Crippen molar-refractivity contribution < 1.29 is 4.52 Å². The molecule has 0 aliphatic heterocycles. The summed E-state index contributed by atoms with van der Waals surface area (Å²) in [5.41, 5.74) is 6.86. The third-order valence-electron chi connectivity index (χ3n) is 4.22. The van der Waals surface area contributed by atoms with Gasteiger partial charge >= 0.3 is 0 Å². The van der Waals surface area contributed by atoms with Crippen LogP contribution in [0.5, 0.6) is 0 Å². The molecule has 2 unspecified atom stereocenters. The van der Waals surface area contributed by atoms with Crippen molar-refractivity contribution in [2.45, 2.75) is 31.8 Å². The van der Waals surface area contributed by atoms with Crippen molar-refractivity contribution in [1.29, 1.82) is 0 Å². The standard InChI is InChI=1S/C15H21N3OS/c1-18(13-5-2-4-11(13)9-16)10-12-8-14(19-17-12)15-6-3-7-20-15/h3,6-8,11,13H,2,4-5,9-10,16H2,1H3. The van der Waals surface area contributed by atoms with E-state index in [0.717, 1.165) is 29.4 Å². The molecule has 1 aliphatic carbocycles. The van der Waals surface area contributed by atoms with Crippen LogP contribution in [0.1, 0.15) is 25.0 Å². The van der Waals surface area contributed by atoms with E-state index < -0.39 is 0 Å². The van der Waals surface area contributed by atoms with E-state index in [0.29, 0.717) is 12.0 Å². The molecule has 0 amide bonds. The van der Waals surface area contributed by atoms with Gasteiger partial charge in [0.15, 0.2) is 5.76 Å². The highest BCUT2D eigenvalue weighted by molar-refractivity contribution is 7.13. The number of nitrogens with zero attached hydrogens (tertiary/aromatic N) is 2. The number of hydrogen-bond donors (Lipinski definition) is 1. The largest absolute Gasteiger partial charge is 0.355 e. The SMILES string of the molecule is CN(Cc1cc(-c2cccs2)on1)C1CCCC1CN. The molecule has 2 atom stereocenters. The van der Waals surface area contributed by atoms with Crippen LogP contribution < -0.4 is 5.73 Å². The van der Waals surface area contributed by atoms with Crippen LogP contribution in [-0.4, -0.2) is 29.7 Å². The zero-order valence-electron chi connectivity index (χ0n) is 11.8. The van der Waals surface area contributed by atoms with Gasteiger partial charge in [-0.15, -0.1) is 11.3 Å². The second kappa shape index (κ2) is 6.08. The second-order valence-electron chi connectivity index (χ2n) is 5.57. The van der Waals surface area contributed by atoms with Crippen LogP contribution in [0.4, 0.5) is 0 Å². The van der Waals surface area contributed by atoms with Crippen LogP contribution in [0.25, 0.3) is 10.6 Å². The number of aromatic nitrogens is 1. The molecular formula is C15H21N3OS. The molecule has 2 aromatic rings. The maximum absolute atomic E-state index is 5.86. The van der Waals surface area contributed by atoms with E-state index in [-0.39, 0.29) is 0 Å². The molecular weight excluding hydrogens is 270 g/mol. The van der Waals surface area contributed by atoms with Gasteiger partial charge in [0.25, 0.3) is 0 Å². The lowest BCUT2D eigenvalue weighted by Crippen LogP contribution is -2.37. The Morgan fingerprint density at radius 1 is 1.50 bits per heavy atom. The molecule has 0 radical (unpaired) electrons. The van der Waals surface area contributed by atoms with Gasteiger partial charge in [-0.1, -0.05) is 17.6 Å². The fourth-order valence-corrected chi connectivity index (χ4v) is 3.84. The Balaban J connectivity index is 1.66. The van der Waals surface area contributed by atoms with Crippen molar-refractivity contribution in [2.75, 3.05) is 13.6 Å². The smallest absolute Gasteiger partial charge is 0.177 e. The fraction of sp³-hybridized carbons (Fsp3) is 0.533. The molecule has 20 heavy (non-hydrogen) atoms. The Hall–Kier alpha value is -1.17. The molecule has 1 saturated carbocycles. The van der Waals surface area contributed by atoms with Gasteiger partial charge in [0.05, 0.1) is 10.6 Å². The van der Waals surface area contributed by atoms with E-state index in [1.165, 1.54) is 19.3 Å². The highest BCUT2D eigenvalue weighted by Gasteiger charge is 2.29. The van der Waals surface area contributed by atoms with Gasteiger partial charge in [-0.25, -0.2) is 0 Å². The van der Waals surface area contributed by atoms with E-state index in [2.05, 4.69) is 29.2 Å². The van der Waals surface area contributed by atoms with Crippen LogP contribution in [0, 0.1) is 5.92 Å². The molecule has 108 valence electrons. The molecule has 2 heterocycles. The minimum atomic E-state index is 0.585. The summed E-state index contributed by atoms with van der Waals surface area (Å²) in [5, 5.41) is 6.24. The summed E-state index contributed by atoms with van der Waals surface area (Å²) in [4.78, 5) is 3.51. The summed E-state index contributed by atoms with van der Waals surface area (Å²) < 4.78 is 5.43. The van der Waals surface area contributed by atoms with Gasteiger partial charge in [-0.05, 0) is 43.8 Å². The molecule has 5 heteroatoms. The van der Waals surface area contributed by atoms with Crippen molar-refractivity contribution in [2.24, 2.45) is 11.7 Å². The average Bonchev–Trinajstić information content (AvgIpc) is 3.19. The summed E-state index contributed by atoms with van der Waals surface area (Å²) in [5.74, 6) is 1.49. The van der Waals surface area contributed by atoms with E-state index in [1.54, 1.807) is 11.3 Å². The first-order valence-electron chi connectivity index (χ1n) is 7.17. The van der Waals surface area contributed by atoms with Crippen molar-refractivity contribution in [3.63, 3.8) is 0 Å². The average molecular weight is 291 g/mol. The molecule has 0 saturated heterocycles. The van der Waals surface area contributed by atoms with Gasteiger partial charge in [-0.3, -0.25) is 4.90 Å². The van der Waals surface area contributed by atoms with Crippen molar-refractivity contribution in [1.82, 2.24) is 10.1 Å². The summed E-state index contributed by atoms with van der Waals surface area (Å²) in [7, 11) is 2.16. The Kier molecular flexibility index (Phi) is 4.19. The van der Waals surface area contributed by atoms with Crippen LogP contribution in [0.3, 0.4) is 0 Å². The number of nitrogens with two attached hydrogens (primary N) is 1. The normalized spacial score (nSPS) is 22.8. The monoisotopic (exact) mass is 291 g/mol. The van der Waals surface area contributed by atoms with Crippen LogP contribution in [0.2, 0.25) is 0 Å². The molecule has 2 N–H and O–H groups in total. The van der Waals surface area contributed by atoms with Gasteiger partial charge in [0.2, 0.25) is 0 Å². The Morgan fingerprint density at radius 2 is 2.40 bits per heavy atom. The molecule has 0 spiro atoms. The minimum absolute atomic E-state index is 0.585. The summed E-state index contributed by atoms with van der Waals surface area (Å²) in [6.45, 7) is 1.62. The van der Waals surface area contributed by atoms with Crippen molar-refractivity contribution in [3.05, 3.63) is 29.3 Å². The lowest BCUT2D eigenvalue weighted by molar-refractivity contribution is 0.188. The molecule has 0 bridgehead atoms. The summed E-state index contributed by atoms with van der Waals surface area (Å²) in [6, 6.07) is 6.72. The van der Waals surface area contributed by atoms with Gasteiger partial charge in [0, 0.05) is 18.7 Å². The third-order valence-corrected chi connectivity index (χ3v) is 5.11. The quantitative estimate of drug-likeness (QED) is 0.920. The number of hydrogen-bond acceptors (Lipinski definition) is 5. The summed E-state index contributed by atoms with van der Waals surface area (Å²) >= 11 is 1.67. The topological polar surface area (TPSA) is 55.3 Å². The molecule has 4 nitrogen and oxygen atoms in total. The third kappa shape index (κ3) is 2.80. The number of rotatable bonds is 5. The molecule has 1 fully saturated rings. The van der Waals surface area contributed by atoms with Crippen LogP contribution in [-0.2, 0) is 6.54 Å². The van der Waals surface area contributed by atoms with Gasteiger partial charge in [0.1, 0.15) is 0 Å². The van der Waals surface area contributed by atoms with E-state index in [9.17, 15) is 0 Å². The predicted octanol–water partition coefficient (Wildman–Crippen LogP) is 2.96. The zero-order chi connectivity index (χ0) is 13.9. The lowest BCUT2D eigenvalue weighted by Gasteiger charge is -2.28. The molecule has 0 aromatic carbocycles. The second-order valence-corrected chi connectivity index (χ2v) is 6.52.